The van der Waals surface area contributed by atoms with Crippen LogP contribution in [-0.4, -0.2) is 22.4 Å². The van der Waals surface area contributed by atoms with Crippen LogP contribution in [0.4, 0.5) is 0 Å². The number of hydrogen-bond acceptors (Lipinski definition) is 2. The van der Waals surface area contributed by atoms with Crippen LogP contribution in [0, 0.1) is 0 Å². The Morgan fingerprint density at radius 3 is 3.00 bits per heavy atom. The quantitative estimate of drug-likeness (QED) is 0.914. The highest BCUT2D eigenvalue weighted by Gasteiger charge is 2.13. The van der Waals surface area contributed by atoms with Gasteiger partial charge < -0.3 is 5.32 Å². The molecule has 1 aliphatic rings. The maximum atomic E-state index is 4.24. The lowest BCUT2D eigenvalue weighted by Crippen LogP contribution is -2.35. The zero-order valence-corrected chi connectivity index (χ0v) is 11.5. The van der Waals surface area contributed by atoms with Gasteiger partial charge >= 0.3 is 0 Å². The average Bonchev–Trinajstić information content (AvgIpc) is 2.87. The highest BCUT2D eigenvalue weighted by atomic mass is 15.2. The van der Waals surface area contributed by atoms with Crippen molar-refractivity contribution in [2.45, 2.75) is 31.7 Å². The number of piperidine rings is 1. The van der Waals surface area contributed by atoms with E-state index in [0.717, 1.165) is 6.42 Å². The molecule has 2 aromatic rings. The van der Waals surface area contributed by atoms with E-state index in [9.17, 15) is 0 Å². The molecule has 0 unspecified atom stereocenters. The summed E-state index contributed by atoms with van der Waals surface area (Å²) in [6.45, 7) is 1.17. The fourth-order valence-electron chi connectivity index (χ4n) is 2.83. The number of aromatic nitrogens is 2. The lowest BCUT2D eigenvalue weighted by Gasteiger charge is -2.23. The van der Waals surface area contributed by atoms with Crippen LogP contribution < -0.4 is 5.32 Å². The molecule has 0 radical (unpaired) electrons. The van der Waals surface area contributed by atoms with Crippen molar-refractivity contribution in [2.24, 2.45) is 7.05 Å². The third-order valence-corrected chi connectivity index (χ3v) is 3.86. The standard InChI is InChI=1S/C16H21N3/c1-19-12-15(11-18-19)14-6-4-5-13(9-14)10-16-7-2-3-8-17-16/h4-6,9,11-12,16-17H,2-3,7-8,10H2,1H3/t16-/m0/s1. The molecule has 3 rings (SSSR count). The van der Waals surface area contributed by atoms with E-state index < -0.39 is 0 Å². The van der Waals surface area contributed by atoms with Gasteiger partial charge in [0.2, 0.25) is 0 Å². The van der Waals surface area contributed by atoms with Crippen LogP contribution in [0.5, 0.6) is 0 Å². The van der Waals surface area contributed by atoms with Crippen molar-refractivity contribution < 1.29 is 0 Å². The average molecular weight is 255 g/mol. The van der Waals surface area contributed by atoms with Gasteiger partial charge in [0.15, 0.2) is 0 Å². The second kappa shape index (κ2) is 5.57. The lowest BCUT2D eigenvalue weighted by atomic mass is 9.96. The molecule has 1 aliphatic heterocycles. The molecule has 2 heterocycles. The van der Waals surface area contributed by atoms with Gasteiger partial charge in [-0.2, -0.15) is 5.10 Å². The first-order valence-corrected chi connectivity index (χ1v) is 7.12. The summed E-state index contributed by atoms with van der Waals surface area (Å²) in [6, 6.07) is 9.50. The second-order valence-corrected chi connectivity index (χ2v) is 5.45. The number of benzene rings is 1. The van der Waals surface area contributed by atoms with E-state index in [1.807, 2.05) is 17.9 Å². The summed E-state index contributed by atoms with van der Waals surface area (Å²) in [6.07, 6.45) is 9.12. The van der Waals surface area contributed by atoms with Crippen LogP contribution in [0.25, 0.3) is 11.1 Å². The van der Waals surface area contributed by atoms with Crippen molar-refractivity contribution >= 4 is 0 Å². The van der Waals surface area contributed by atoms with Gasteiger partial charge in [0.05, 0.1) is 6.20 Å². The second-order valence-electron chi connectivity index (χ2n) is 5.45. The summed E-state index contributed by atoms with van der Waals surface area (Å²) in [5.41, 5.74) is 3.88. The molecule has 1 aromatic carbocycles. The minimum absolute atomic E-state index is 0.651. The summed E-state index contributed by atoms with van der Waals surface area (Å²) in [4.78, 5) is 0. The summed E-state index contributed by atoms with van der Waals surface area (Å²) in [7, 11) is 1.96. The van der Waals surface area contributed by atoms with Crippen LogP contribution in [0.15, 0.2) is 36.7 Å². The Morgan fingerprint density at radius 2 is 2.26 bits per heavy atom. The van der Waals surface area contributed by atoms with Crippen LogP contribution in [-0.2, 0) is 13.5 Å². The molecule has 0 bridgehead atoms. The molecule has 19 heavy (non-hydrogen) atoms. The molecular formula is C16H21N3. The summed E-state index contributed by atoms with van der Waals surface area (Å²) in [5.74, 6) is 0. The Kier molecular flexibility index (Phi) is 3.65. The molecule has 0 spiro atoms. The van der Waals surface area contributed by atoms with Gasteiger partial charge in [-0.25, -0.2) is 0 Å². The molecule has 1 saturated heterocycles. The number of nitrogens with zero attached hydrogens (tertiary/aromatic N) is 2. The zero-order chi connectivity index (χ0) is 13.1. The number of hydrogen-bond donors (Lipinski definition) is 1. The van der Waals surface area contributed by atoms with E-state index in [4.69, 9.17) is 0 Å². The summed E-state index contributed by atoms with van der Waals surface area (Å²) < 4.78 is 1.85. The molecule has 1 aromatic heterocycles. The van der Waals surface area contributed by atoms with Crippen molar-refractivity contribution in [1.82, 2.24) is 15.1 Å². The van der Waals surface area contributed by atoms with E-state index in [0.29, 0.717) is 6.04 Å². The zero-order valence-electron chi connectivity index (χ0n) is 11.5. The van der Waals surface area contributed by atoms with Gasteiger partial charge in [-0.15, -0.1) is 0 Å². The minimum atomic E-state index is 0.651. The van der Waals surface area contributed by atoms with Crippen molar-refractivity contribution in [3.8, 4) is 11.1 Å². The molecule has 100 valence electrons. The topological polar surface area (TPSA) is 29.9 Å². The summed E-state index contributed by atoms with van der Waals surface area (Å²) >= 11 is 0. The maximum Gasteiger partial charge on any atom is 0.0568 e. The molecule has 1 fully saturated rings. The van der Waals surface area contributed by atoms with E-state index in [2.05, 4.69) is 40.9 Å². The van der Waals surface area contributed by atoms with Crippen molar-refractivity contribution in [3.05, 3.63) is 42.2 Å². The van der Waals surface area contributed by atoms with Crippen molar-refractivity contribution in [3.63, 3.8) is 0 Å². The normalized spacial score (nSPS) is 19.5. The fraction of sp³-hybridized carbons (Fsp3) is 0.438. The Bertz CT molecular complexity index is 538. The van der Waals surface area contributed by atoms with Crippen molar-refractivity contribution in [2.75, 3.05) is 6.54 Å². The molecule has 3 heteroatoms. The maximum absolute atomic E-state index is 4.24. The van der Waals surface area contributed by atoms with E-state index >= 15 is 0 Å². The molecule has 0 amide bonds. The SMILES string of the molecule is Cn1cc(-c2cccc(C[C@@H]3CCCCN3)c2)cn1. The molecule has 0 saturated carbocycles. The van der Waals surface area contributed by atoms with E-state index in [-0.39, 0.29) is 0 Å². The largest absolute Gasteiger partial charge is 0.314 e. The van der Waals surface area contributed by atoms with Crippen molar-refractivity contribution in [1.29, 1.82) is 0 Å². The third kappa shape index (κ3) is 3.04. The molecule has 1 N–H and O–H groups in total. The van der Waals surface area contributed by atoms with Gasteiger partial charge in [-0.05, 0) is 36.9 Å². The Morgan fingerprint density at radius 1 is 1.32 bits per heavy atom. The fourth-order valence-corrected chi connectivity index (χ4v) is 2.83. The number of nitrogens with one attached hydrogen (secondary N) is 1. The van der Waals surface area contributed by atoms with Crippen LogP contribution in [0.3, 0.4) is 0 Å². The van der Waals surface area contributed by atoms with Gasteiger partial charge in [0.25, 0.3) is 0 Å². The lowest BCUT2D eigenvalue weighted by molar-refractivity contribution is 0.399. The van der Waals surface area contributed by atoms with Gasteiger partial charge in [-0.3, -0.25) is 4.68 Å². The van der Waals surface area contributed by atoms with Crippen LogP contribution >= 0.6 is 0 Å². The van der Waals surface area contributed by atoms with Crippen LogP contribution in [0.1, 0.15) is 24.8 Å². The third-order valence-electron chi connectivity index (χ3n) is 3.86. The number of aryl methyl sites for hydroxylation is 1. The van der Waals surface area contributed by atoms with Gasteiger partial charge in [0, 0.05) is 24.8 Å². The summed E-state index contributed by atoms with van der Waals surface area (Å²) in [5, 5.41) is 7.86. The molecule has 1 atom stereocenters. The van der Waals surface area contributed by atoms with Gasteiger partial charge in [-0.1, -0.05) is 30.7 Å². The predicted molar refractivity (Wildman–Crippen MR) is 78.0 cm³/mol. The van der Waals surface area contributed by atoms with E-state index in [1.54, 1.807) is 0 Å². The Hall–Kier alpha value is -1.61. The van der Waals surface area contributed by atoms with Gasteiger partial charge in [0.1, 0.15) is 0 Å². The molecule has 3 nitrogen and oxygen atoms in total. The first kappa shape index (κ1) is 12.4. The first-order valence-electron chi connectivity index (χ1n) is 7.12. The first-order chi connectivity index (χ1) is 9.31. The molecule has 0 aliphatic carbocycles. The Balaban J connectivity index is 1.75. The monoisotopic (exact) mass is 255 g/mol. The molecular weight excluding hydrogens is 234 g/mol. The smallest absolute Gasteiger partial charge is 0.0568 e. The predicted octanol–water partition coefficient (Wildman–Crippen LogP) is 2.77. The van der Waals surface area contributed by atoms with Crippen LogP contribution in [0.2, 0.25) is 0 Å². The highest BCUT2D eigenvalue weighted by molar-refractivity contribution is 5.62. The highest BCUT2D eigenvalue weighted by Crippen LogP contribution is 2.21. The minimum Gasteiger partial charge on any atom is -0.314 e. The Labute approximate surface area is 114 Å². The number of rotatable bonds is 3. The van der Waals surface area contributed by atoms with E-state index in [1.165, 1.54) is 42.5 Å².